The number of nitrogens with zero attached hydrogens (tertiary/aromatic N) is 1. The fraction of sp³-hybridized carbons (Fsp3) is 0.545. The molecule has 0 aliphatic carbocycles. The van der Waals surface area contributed by atoms with Crippen molar-refractivity contribution in [3.8, 4) is 5.88 Å². The zero-order chi connectivity index (χ0) is 13.1. The van der Waals surface area contributed by atoms with Gasteiger partial charge in [-0.25, -0.2) is 14.0 Å². The maximum atomic E-state index is 11.6. The van der Waals surface area contributed by atoms with Gasteiger partial charge in [0.15, 0.2) is 0 Å². The van der Waals surface area contributed by atoms with Crippen molar-refractivity contribution in [3.05, 3.63) is 12.1 Å². The molecule has 0 aliphatic heterocycles. The van der Waals surface area contributed by atoms with E-state index in [9.17, 15) is 4.21 Å². The molecule has 0 amide bonds. The Morgan fingerprint density at radius 3 is 2.65 bits per heavy atom. The minimum absolute atomic E-state index is 0.240. The lowest BCUT2D eigenvalue weighted by Gasteiger charge is -2.13. The van der Waals surface area contributed by atoms with Crippen molar-refractivity contribution in [1.82, 2.24) is 4.98 Å². The van der Waals surface area contributed by atoms with Crippen LogP contribution in [0.3, 0.4) is 0 Å². The molecule has 0 spiro atoms. The van der Waals surface area contributed by atoms with Crippen molar-refractivity contribution in [2.24, 2.45) is 5.92 Å². The standard InChI is InChI=1S/C11H19N3O2S/c1-8(2)7-13-9-5-6-10(17(4,12)15)14-11(9)16-3/h5-6,8,12-13H,7H2,1-4H3/t17-/m0/s1. The van der Waals surface area contributed by atoms with Crippen LogP contribution in [0.15, 0.2) is 17.2 Å². The molecule has 2 N–H and O–H groups in total. The quantitative estimate of drug-likeness (QED) is 0.848. The number of aromatic nitrogens is 1. The Kier molecular flexibility index (Phi) is 4.34. The highest BCUT2D eigenvalue weighted by Crippen LogP contribution is 2.23. The highest BCUT2D eigenvalue weighted by molar-refractivity contribution is 7.91. The van der Waals surface area contributed by atoms with Crippen molar-refractivity contribution in [2.45, 2.75) is 18.9 Å². The molecule has 0 saturated heterocycles. The van der Waals surface area contributed by atoms with Crippen LogP contribution in [0.4, 0.5) is 5.69 Å². The Labute approximate surface area is 103 Å². The minimum atomic E-state index is -2.80. The number of nitrogens with one attached hydrogen (secondary N) is 2. The lowest BCUT2D eigenvalue weighted by molar-refractivity contribution is 0.396. The van der Waals surface area contributed by atoms with E-state index in [2.05, 4.69) is 24.1 Å². The Morgan fingerprint density at radius 2 is 2.18 bits per heavy atom. The predicted octanol–water partition coefficient (Wildman–Crippen LogP) is 2.19. The molecule has 17 heavy (non-hydrogen) atoms. The molecule has 0 aliphatic rings. The van der Waals surface area contributed by atoms with Gasteiger partial charge in [0.2, 0.25) is 5.88 Å². The first kappa shape index (κ1) is 13.8. The summed E-state index contributed by atoms with van der Waals surface area (Å²) in [4.78, 5) is 4.09. The first-order valence-corrected chi connectivity index (χ1v) is 7.34. The van der Waals surface area contributed by atoms with Crippen LogP contribution in [-0.4, -0.2) is 29.1 Å². The van der Waals surface area contributed by atoms with Gasteiger partial charge in [-0.05, 0) is 18.1 Å². The fourth-order valence-corrected chi connectivity index (χ4v) is 1.83. The third-order valence-corrected chi connectivity index (χ3v) is 3.15. The maximum absolute atomic E-state index is 11.6. The highest BCUT2D eigenvalue weighted by Gasteiger charge is 2.11. The van der Waals surface area contributed by atoms with E-state index in [1.807, 2.05) is 0 Å². The zero-order valence-electron chi connectivity index (χ0n) is 10.6. The smallest absolute Gasteiger partial charge is 0.238 e. The lowest BCUT2D eigenvalue weighted by atomic mass is 10.2. The Morgan fingerprint density at radius 1 is 1.53 bits per heavy atom. The molecule has 5 nitrogen and oxygen atoms in total. The lowest BCUT2D eigenvalue weighted by Crippen LogP contribution is -2.10. The summed E-state index contributed by atoms with van der Waals surface area (Å²) >= 11 is 0. The normalized spacial score (nSPS) is 14.4. The Balaban J connectivity index is 3.02. The molecule has 0 radical (unpaired) electrons. The van der Waals surface area contributed by atoms with Gasteiger partial charge in [-0.3, -0.25) is 0 Å². The molecule has 6 heteroatoms. The number of anilines is 1. The summed E-state index contributed by atoms with van der Waals surface area (Å²) in [5.41, 5.74) is 0.758. The Bertz CT molecular complexity index is 483. The van der Waals surface area contributed by atoms with Gasteiger partial charge in [-0.1, -0.05) is 13.8 Å². The first-order valence-electron chi connectivity index (χ1n) is 5.37. The average molecular weight is 257 g/mol. The summed E-state index contributed by atoms with van der Waals surface area (Å²) in [5.74, 6) is 0.885. The number of hydrogen-bond acceptors (Lipinski definition) is 5. The minimum Gasteiger partial charge on any atom is -0.479 e. The van der Waals surface area contributed by atoms with E-state index in [4.69, 9.17) is 9.52 Å². The molecule has 1 aromatic rings. The van der Waals surface area contributed by atoms with Crippen LogP contribution >= 0.6 is 0 Å². The molecule has 0 saturated carbocycles. The molecule has 96 valence electrons. The van der Waals surface area contributed by atoms with Crippen LogP contribution in [0.2, 0.25) is 0 Å². The largest absolute Gasteiger partial charge is 0.479 e. The molecular formula is C11H19N3O2S. The van der Waals surface area contributed by atoms with Crippen LogP contribution in [0.1, 0.15) is 13.8 Å². The van der Waals surface area contributed by atoms with E-state index >= 15 is 0 Å². The van der Waals surface area contributed by atoms with Gasteiger partial charge >= 0.3 is 0 Å². The van der Waals surface area contributed by atoms with Gasteiger partial charge in [0, 0.05) is 12.8 Å². The summed E-state index contributed by atoms with van der Waals surface area (Å²) in [6.45, 7) is 5.01. The Hall–Kier alpha value is -1.30. The van der Waals surface area contributed by atoms with Crippen LogP contribution in [0.25, 0.3) is 0 Å². The van der Waals surface area contributed by atoms with Crippen LogP contribution in [0.5, 0.6) is 5.88 Å². The second-order valence-electron chi connectivity index (χ2n) is 4.32. The summed E-state index contributed by atoms with van der Waals surface area (Å²) in [6.07, 6.45) is 1.34. The van der Waals surface area contributed by atoms with Crippen LogP contribution < -0.4 is 10.1 Å². The molecule has 0 fully saturated rings. The van der Waals surface area contributed by atoms with Gasteiger partial charge < -0.3 is 10.1 Å². The van der Waals surface area contributed by atoms with Gasteiger partial charge in [-0.2, -0.15) is 0 Å². The molecule has 0 aromatic carbocycles. The van der Waals surface area contributed by atoms with Gasteiger partial charge in [0.05, 0.1) is 22.5 Å². The van der Waals surface area contributed by atoms with Crippen molar-refractivity contribution in [2.75, 3.05) is 25.2 Å². The third kappa shape index (κ3) is 3.89. The molecule has 1 rings (SSSR count). The zero-order valence-corrected chi connectivity index (χ0v) is 11.4. The van der Waals surface area contributed by atoms with E-state index < -0.39 is 9.73 Å². The maximum Gasteiger partial charge on any atom is 0.238 e. The van der Waals surface area contributed by atoms with Crippen LogP contribution in [-0.2, 0) is 9.73 Å². The van der Waals surface area contributed by atoms with Gasteiger partial charge in [0.25, 0.3) is 0 Å². The van der Waals surface area contributed by atoms with Gasteiger partial charge in [0.1, 0.15) is 5.03 Å². The van der Waals surface area contributed by atoms with Crippen molar-refractivity contribution >= 4 is 15.4 Å². The predicted molar refractivity (Wildman–Crippen MR) is 69.2 cm³/mol. The van der Waals surface area contributed by atoms with E-state index in [1.54, 1.807) is 12.1 Å². The van der Waals surface area contributed by atoms with E-state index in [-0.39, 0.29) is 5.03 Å². The van der Waals surface area contributed by atoms with E-state index in [1.165, 1.54) is 13.4 Å². The van der Waals surface area contributed by atoms with Crippen molar-refractivity contribution in [1.29, 1.82) is 4.78 Å². The fourth-order valence-electron chi connectivity index (χ4n) is 1.24. The molecule has 1 aromatic heterocycles. The monoisotopic (exact) mass is 257 g/mol. The average Bonchev–Trinajstić information content (AvgIpc) is 2.24. The molecule has 1 heterocycles. The summed E-state index contributed by atoms with van der Waals surface area (Å²) < 4.78 is 24.2. The summed E-state index contributed by atoms with van der Waals surface area (Å²) in [7, 11) is -1.29. The van der Waals surface area contributed by atoms with Gasteiger partial charge in [-0.15, -0.1) is 0 Å². The van der Waals surface area contributed by atoms with Crippen LogP contribution in [0, 0.1) is 10.7 Å². The highest BCUT2D eigenvalue weighted by atomic mass is 32.2. The number of pyridine rings is 1. The molecular weight excluding hydrogens is 238 g/mol. The first-order chi connectivity index (χ1) is 7.84. The molecule has 0 bridgehead atoms. The number of methoxy groups -OCH3 is 1. The number of ether oxygens (including phenoxy) is 1. The third-order valence-electron chi connectivity index (χ3n) is 2.13. The summed E-state index contributed by atoms with van der Waals surface area (Å²) in [5, 5.41) is 3.44. The van der Waals surface area contributed by atoms with Crippen molar-refractivity contribution in [3.63, 3.8) is 0 Å². The van der Waals surface area contributed by atoms with Crippen molar-refractivity contribution < 1.29 is 8.95 Å². The molecule has 0 unspecified atom stereocenters. The van der Waals surface area contributed by atoms with E-state index in [0.717, 1.165) is 12.2 Å². The number of hydrogen-bond donors (Lipinski definition) is 2. The number of rotatable bonds is 5. The van der Waals surface area contributed by atoms with E-state index in [0.29, 0.717) is 11.8 Å². The second kappa shape index (κ2) is 5.35. The molecule has 1 atom stereocenters. The second-order valence-corrected chi connectivity index (χ2v) is 6.43. The topological polar surface area (TPSA) is 75.1 Å². The SMILES string of the molecule is COc1nc([S@@](C)(=N)=O)ccc1NCC(C)C. The summed E-state index contributed by atoms with van der Waals surface area (Å²) in [6, 6.07) is 3.35.